The first kappa shape index (κ1) is 15.0. The van der Waals surface area contributed by atoms with E-state index < -0.39 is 0 Å². The summed E-state index contributed by atoms with van der Waals surface area (Å²) in [6.45, 7) is 6.72. The second-order valence-electron chi connectivity index (χ2n) is 5.92. The second kappa shape index (κ2) is 7.38. The Morgan fingerprint density at radius 1 is 1.29 bits per heavy atom. The molecule has 1 rings (SSSR count). The highest BCUT2D eigenvalue weighted by atomic mass is 16.3. The first-order valence-corrected chi connectivity index (χ1v) is 7.50. The fraction of sp³-hybridized carbons (Fsp3) is 1.00. The number of aliphatic hydroxyl groups excluding tert-OH is 1. The average molecular weight is 241 g/mol. The maximum absolute atomic E-state index is 10.2. The van der Waals surface area contributed by atoms with E-state index in [0.717, 1.165) is 25.2 Å². The van der Waals surface area contributed by atoms with E-state index in [0.29, 0.717) is 12.1 Å². The van der Waals surface area contributed by atoms with Gasteiger partial charge in [0.15, 0.2) is 0 Å². The summed E-state index contributed by atoms with van der Waals surface area (Å²) in [4.78, 5) is 2.47. The zero-order valence-electron chi connectivity index (χ0n) is 12.2. The fourth-order valence-corrected chi connectivity index (χ4v) is 3.36. The SMILES string of the molecule is CCCC(O)C(CC)N(C)C1CCCC(C)C1. The molecule has 0 aromatic carbocycles. The smallest absolute Gasteiger partial charge is 0.0695 e. The summed E-state index contributed by atoms with van der Waals surface area (Å²) < 4.78 is 0. The number of likely N-dealkylation sites (N-methyl/N-ethyl adjacent to an activating group) is 1. The number of aliphatic hydroxyl groups is 1. The van der Waals surface area contributed by atoms with Crippen LogP contribution in [0.4, 0.5) is 0 Å². The van der Waals surface area contributed by atoms with Crippen molar-refractivity contribution in [3.63, 3.8) is 0 Å². The molecule has 0 radical (unpaired) electrons. The van der Waals surface area contributed by atoms with Crippen LogP contribution >= 0.6 is 0 Å². The van der Waals surface area contributed by atoms with E-state index in [1.54, 1.807) is 0 Å². The van der Waals surface area contributed by atoms with Gasteiger partial charge in [-0.1, -0.05) is 40.0 Å². The Morgan fingerprint density at radius 2 is 2.00 bits per heavy atom. The van der Waals surface area contributed by atoms with Crippen molar-refractivity contribution in [3.05, 3.63) is 0 Å². The molecule has 1 aliphatic carbocycles. The van der Waals surface area contributed by atoms with Gasteiger partial charge in [-0.15, -0.1) is 0 Å². The molecule has 0 spiro atoms. The van der Waals surface area contributed by atoms with Crippen LogP contribution in [0.1, 0.15) is 65.7 Å². The molecular weight excluding hydrogens is 210 g/mol. The summed E-state index contributed by atoms with van der Waals surface area (Å²) >= 11 is 0. The van der Waals surface area contributed by atoms with E-state index >= 15 is 0 Å². The molecule has 0 saturated heterocycles. The minimum atomic E-state index is -0.146. The molecule has 4 unspecified atom stereocenters. The predicted octanol–water partition coefficient (Wildman–Crippen LogP) is 3.44. The first-order chi connectivity index (χ1) is 8.10. The Labute approximate surface area is 107 Å². The molecule has 0 aromatic heterocycles. The number of hydrogen-bond donors (Lipinski definition) is 1. The lowest BCUT2D eigenvalue weighted by atomic mass is 9.85. The van der Waals surface area contributed by atoms with Gasteiger partial charge in [0.05, 0.1) is 6.10 Å². The fourth-order valence-electron chi connectivity index (χ4n) is 3.36. The Balaban J connectivity index is 2.54. The van der Waals surface area contributed by atoms with Crippen molar-refractivity contribution in [1.82, 2.24) is 4.90 Å². The highest BCUT2D eigenvalue weighted by Crippen LogP contribution is 2.29. The van der Waals surface area contributed by atoms with Gasteiger partial charge in [-0.25, -0.2) is 0 Å². The van der Waals surface area contributed by atoms with E-state index in [4.69, 9.17) is 0 Å². The molecule has 0 amide bonds. The van der Waals surface area contributed by atoms with Crippen LogP contribution in [-0.2, 0) is 0 Å². The standard InChI is InChI=1S/C15H31NO/c1-5-8-15(17)14(6-2)16(4)13-10-7-9-12(3)11-13/h12-15,17H,5-11H2,1-4H3. The van der Waals surface area contributed by atoms with Crippen molar-refractivity contribution in [3.8, 4) is 0 Å². The van der Waals surface area contributed by atoms with Gasteiger partial charge < -0.3 is 5.11 Å². The molecule has 0 aromatic rings. The van der Waals surface area contributed by atoms with Crippen molar-refractivity contribution in [2.45, 2.75) is 83.9 Å². The third-order valence-electron chi connectivity index (χ3n) is 4.45. The summed E-state index contributed by atoms with van der Waals surface area (Å²) in [5.74, 6) is 0.858. The van der Waals surface area contributed by atoms with E-state index in [1.807, 2.05) is 0 Å². The van der Waals surface area contributed by atoms with E-state index in [9.17, 15) is 5.11 Å². The van der Waals surface area contributed by atoms with Crippen molar-refractivity contribution in [2.75, 3.05) is 7.05 Å². The topological polar surface area (TPSA) is 23.5 Å². The minimum absolute atomic E-state index is 0.146. The number of rotatable bonds is 6. The van der Waals surface area contributed by atoms with Gasteiger partial charge in [0.25, 0.3) is 0 Å². The monoisotopic (exact) mass is 241 g/mol. The highest BCUT2D eigenvalue weighted by molar-refractivity contribution is 4.84. The molecule has 4 atom stereocenters. The summed E-state index contributed by atoms with van der Waals surface area (Å²) in [5.41, 5.74) is 0. The van der Waals surface area contributed by atoms with Crippen molar-refractivity contribution in [1.29, 1.82) is 0 Å². The minimum Gasteiger partial charge on any atom is -0.391 e. The molecule has 1 saturated carbocycles. The summed E-state index contributed by atoms with van der Waals surface area (Å²) in [5, 5.41) is 10.2. The molecule has 1 aliphatic rings. The van der Waals surface area contributed by atoms with Crippen LogP contribution in [0.5, 0.6) is 0 Å². The zero-order valence-corrected chi connectivity index (χ0v) is 12.2. The van der Waals surface area contributed by atoms with Gasteiger partial charge in [0.1, 0.15) is 0 Å². The molecule has 1 fully saturated rings. The van der Waals surface area contributed by atoms with Crippen LogP contribution in [0.2, 0.25) is 0 Å². The van der Waals surface area contributed by atoms with Crippen LogP contribution in [0, 0.1) is 5.92 Å². The van der Waals surface area contributed by atoms with Crippen LogP contribution in [0.15, 0.2) is 0 Å². The number of hydrogen-bond acceptors (Lipinski definition) is 2. The molecule has 17 heavy (non-hydrogen) atoms. The third kappa shape index (κ3) is 4.26. The molecule has 2 nitrogen and oxygen atoms in total. The molecule has 0 heterocycles. The van der Waals surface area contributed by atoms with Crippen LogP contribution < -0.4 is 0 Å². The van der Waals surface area contributed by atoms with Crippen LogP contribution in [0.3, 0.4) is 0 Å². The molecule has 0 aliphatic heterocycles. The van der Waals surface area contributed by atoms with E-state index in [2.05, 4.69) is 32.7 Å². The molecule has 1 N–H and O–H groups in total. The Morgan fingerprint density at radius 3 is 2.53 bits per heavy atom. The summed E-state index contributed by atoms with van der Waals surface area (Å²) in [6.07, 6.45) is 8.30. The first-order valence-electron chi connectivity index (χ1n) is 7.50. The van der Waals surface area contributed by atoms with E-state index in [1.165, 1.54) is 25.7 Å². The van der Waals surface area contributed by atoms with Crippen molar-refractivity contribution in [2.24, 2.45) is 5.92 Å². The van der Waals surface area contributed by atoms with Gasteiger partial charge in [-0.3, -0.25) is 4.90 Å². The summed E-state index contributed by atoms with van der Waals surface area (Å²) in [7, 11) is 2.22. The lowest BCUT2D eigenvalue weighted by Crippen LogP contribution is -2.47. The predicted molar refractivity (Wildman–Crippen MR) is 74.2 cm³/mol. The van der Waals surface area contributed by atoms with Gasteiger partial charge >= 0.3 is 0 Å². The van der Waals surface area contributed by atoms with Crippen LogP contribution in [0.25, 0.3) is 0 Å². The molecule has 0 bridgehead atoms. The quantitative estimate of drug-likeness (QED) is 0.770. The van der Waals surface area contributed by atoms with Crippen molar-refractivity contribution >= 4 is 0 Å². The maximum atomic E-state index is 10.2. The Bertz CT molecular complexity index is 207. The van der Waals surface area contributed by atoms with Gasteiger partial charge in [-0.05, 0) is 38.6 Å². The third-order valence-corrected chi connectivity index (χ3v) is 4.45. The average Bonchev–Trinajstić information content (AvgIpc) is 2.30. The van der Waals surface area contributed by atoms with Crippen molar-refractivity contribution < 1.29 is 5.11 Å². The van der Waals surface area contributed by atoms with Gasteiger partial charge in [0, 0.05) is 12.1 Å². The zero-order chi connectivity index (χ0) is 12.8. The van der Waals surface area contributed by atoms with Crippen LogP contribution in [-0.4, -0.2) is 35.2 Å². The van der Waals surface area contributed by atoms with Gasteiger partial charge in [-0.2, -0.15) is 0 Å². The lowest BCUT2D eigenvalue weighted by Gasteiger charge is -2.40. The van der Waals surface area contributed by atoms with Gasteiger partial charge in [0.2, 0.25) is 0 Å². The Hall–Kier alpha value is -0.0800. The highest BCUT2D eigenvalue weighted by Gasteiger charge is 2.29. The normalized spacial score (nSPS) is 29.3. The largest absolute Gasteiger partial charge is 0.391 e. The summed E-state index contributed by atoms with van der Waals surface area (Å²) in [6, 6.07) is 1.04. The Kier molecular flexibility index (Phi) is 6.50. The second-order valence-corrected chi connectivity index (χ2v) is 5.92. The van der Waals surface area contributed by atoms with E-state index in [-0.39, 0.29) is 6.10 Å². The molecular formula is C15H31NO. The number of nitrogens with zero attached hydrogens (tertiary/aromatic N) is 1. The lowest BCUT2D eigenvalue weighted by molar-refractivity contribution is 0.0183. The maximum Gasteiger partial charge on any atom is 0.0695 e. The molecule has 102 valence electrons. The molecule has 2 heteroatoms.